The Balaban J connectivity index is 2.27. The SMILES string of the molecule is CCNC(=NCCC(F)(F)F)NCCSCc1ccccc1F. The largest absolute Gasteiger partial charge is 0.390 e. The molecule has 1 aromatic rings. The zero-order valence-electron chi connectivity index (χ0n) is 12.9. The second-order valence-corrected chi connectivity index (χ2v) is 5.80. The molecule has 23 heavy (non-hydrogen) atoms. The predicted molar refractivity (Wildman–Crippen MR) is 87.2 cm³/mol. The molecule has 0 bridgehead atoms. The van der Waals surface area contributed by atoms with Crippen LogP contribution in [0, 0.1) is 5.82 Å². The molecule has 0 heterocycles. The van der Waals surface area contributed by atoms with Crippen LogP contribution in [-0.4, -0.2) is 37.5 Å². The van der Waals surface area contributed by atoms with Gasteiger partial charge in [-0.15, -0.1) is 0 Å². The average molecular weight is 351 g/mol. The smallest absolute Gasteiger partial charge is 0.357 e. The van der Waals surface area contributed by atoms with Gasteiger partial charge in [0.25, 0.3) is 0 Å². The lowest BCUT2D eigenvalue weighted by molar-refractivity contribution is -0.132. The van der Waals surface area contributed by atoms with E-state index in [-0.39, 0.29) is 12.4 Å². The van der Waals surface area contributed by atoms with Gasteiger partial charge in [-0.2, -0.15) is 24.9 Å². The van der Waals surface area contributed by atoms with Crippen LogP contribution in [0.1, 0.15) is 18.9 Å². The van der Waals surface area contributed by atoms with E-state index in [1.807, 2.05) is 6.92 Å². The minimum atomic E-state index is -4.20. The molecule has 0 aliphatic rings. The van der Waals surface area contributed by atoms with Gasteiger partial charge in [-0.3, -0.25) is 4.99 Å². The zero-order chi connectivity index (χ0) is 17.1. The maximum Gasteiger partial charge on any atom is 0.390 e. The summed E-state index contributed by atoms with van der Waals surface area (Å²) in [5.41, 5.74) is 0.642. The Hall–Kier alpha value is -1.44. The topological polar surface area (TPSA) is 36.4 Å². The van der Waals surface area contributed by atoms with Crippen LogP contribution in [0.15, 0.2) is 29.3 Å². The van der Waals surface area contributed by atoms with Crippen molar-refractivity contribution in [1.29, 1.82) is 0 Å². The van der Waals surface area contributed by atoms with Crippen molar-refractivity contribution in [3.63, 3.8) is 0 Å². The fourth-order valence-corrected chi connectivity index (χ4v) is 2.52. The van der Waals surface area contributed by atoms with Gasteiger partial charge >= 0.3 is 6.18 Å². The molecule has 2 N–H and O–H groups in total. The third-order valence-corrected chi connectivity index (χ3v) is 3.77. The minimum absolute atomic E-state index is 0.227. The highest BCUT2D eigenvalue weighted by atomic mass is 32.2. The Labute approximate surface area is 137 Å². The van der Waals surface area contributed by atoms with Crippen molar-refractivity contribution in [2.75, 3.05) is 25.4 Å². The van der Waals surface area contributed by atoms with Crippen LogP contribution in [0.5, 0.6) is 0 Å². The van der Waals surface area contributed by atoms with Crippen molar-refractivity contribution >= 4 is 17.7 Å². The van der Waals surface area contributed by atoms with Crippen molar-refractivity contribution < 1.29 is 17.6 Å². The Morgan fingerprint density at radius 1 is 1.22 bits per heavy atom. The number of nitrogens with zero attached hydrogens (tertiary/aromatic N) is 1. The maximum atomic E-state index is 13.4. The summed E-state index contributed by atoms with van der Waals surface area (Å²) in [4.78, 5) is 3.87. The van der Waals surface area contributed by atoms with Gasteiger partial charge in [-0.25, -0.2) is 4.39 Å². The molecular formula is C15H21F4N3S. The van der Waals surface area contributed by atoms with Gasteiger partial charge in [-0.05, 0) is 18.6 Å². The monoisotopic (exact) mass is 351 g/mol. The van der Waals surface area contributed by atoms with E-state index in [0.717, 1.165) is 0 Å². The fourth-order valence-electron chi connectivity index (χ4n) is 1.68. The zero-order valence-corrected chi connectivity index (χ0v) is 13.7. The van der Waals surface area contributed by atoms with Crippen molar-refractivity contribution in [2.24, 2.45) is 4.99 Å². The molecule has 0 saturated heterocycles. The molecule has 0 aromatic heterocycles. The number of guanidine groups is 1. The molecule has 0 spiro atoms. The van der Waals surface area contributed by atoms with E-state index in [0.29, 0.717) is 36.1 Å². The summed E-state index contributed by atoms with van der Waals surface area (Å²) < 4.78 is 49.7. The molecule has 0 unspecified atom stereocenters. The highest BCUT2D eigenvalue weighted by Gasteiger charge is 2.26. The lowest BCUT2D eigenvalue weighted by Crippen LogP contribution is -2.38. The quantitative estimate of drug-likeness (QED) is 0.325. The number of aliphatic imine (C=N–C) groups is 1. The highest BCUT2D eigenvalue weighted by molar-refractivity contribution is 7.98. The number of nitrogens with one attached hydrogen (secondary N) is 2. The normalized spacial score (nSPS) is 12.3. The molecule has 0 aliphatic heterocycles. The average Bonchev–Trinajstić information content (AvgIpc) is 2.47. The van der Waals surface area contributed by atoms with E-state index < -0.39 is 12.6 Å². The second kappa shape index (κ2) is 10.4. The first-order valence-electron chi connectivity index (χ1n) is 7.32. The van der Waals surface area contributed by atoms with E-state index in [9.17, 15) is 17.6 Å². The number of rotatable bonds is 8. The van der Waals surface area contributed by atoms with Crippen molar-refractivity contribution in [3.8, 4) is 0 Å². The van der Waals surface area contributed by atoms with Gasteiger partial charge < -0.3 is 10.6 Å². The minimum Gasteiger partial charge on any atom is -0.357 e. The van der Waals surface area contributed by atoms with Crippen LogP contribution in [-0.2, 0) is 5.75 Å². The van der Waals surface area contributed by atoms with Gasteiger partial charge in [0, 0.05) is 24.6 Å². The lowest BCUT2D eigenvalue weighted by Gasteiger charge is -2.11. The fraction of sp³-hybridized carbons (Fsp3) is 0.533. The molecule has 0 saturated carbocycles. The molecule has 0 fully saturated rings. The summed E-state index contributed by atoms with van der Waals surface area (Å²) in [7, 11) is 0. The Morgan fingerprint density at radius 2 is 1.96 bits per heavy atom. The van der Waals surface area contributed by atoms with Gasteiger partial charge in [0.2, 0.25) is 0 Å². The molecule has 1 rings (SSSR count). The number of thioether (sulfide) groups is 1. The predicted octanol–water partition coefficient (Wildman–Crippen LogP) is 3.57. The van der Waals surface area contributed by atoms with Crippen LogP contribution < -0.4 is 10.6 Å². The molecule has 8 heteroatoms. The van der Waals surface area contributed by atoms with Gasteiger partial charge in [0.15, 0.2) is 5.96 Å². The number of alkyl halides is 3. The standard InChI is InChI=1S/C15H21F4N3S/c1-2-20-14(21-8-7-15(17,18)19)22-9-10-23-11-12-5-3-4-6-13(12)16/h3-6H,2,7-11H2,1H3,(H2,20,21,22). The molecule has 0 atom stereocenters. The molecule has 1 aromatic carbocycles. The Bertz CT molecular complexity index is 492. The van der Waals surface area contributed by atoms with Crippen LogP contribution in [0.25, 0.3) is 0 Å². The molecule has 130 valence electrons. The molecule has 0 radical (unpaired) electrons. The first-order chi connectivity index (χ1) is 10.9. The van der Waals surface area contributed by atoms with E-state index in [4.69, 9.17) is 0 Å². The van der Waals surface area contributed by atoms with Gasteiger partial charge in [-0.1, -0.05) is 18.2 Å². The Kier molecular flexibility index (Phi) is 8.83. The van der Waals surface area contributed by atoms with E-state index >= 15 is 0 Å². The van der Waals surface area contributed by atoms with E-state index in [1.54, 1.807) is 30.0 Å². The van der Waals surface area contributed by atoms with Crippen LogP contribution in [0.3, 0.4) is 0 Å². The number of halogens is 4. The first-order valence-corrected chi connectivity index (χ1v) is 8.48. The lowest BCUT2D eigenvalue weighted by atomic mass is 10.2. The summed E-state index contributed by atoms with van der Waals surface area (Å²) >= 11 is 1.54. The third kappa shape index (κ3) is 9.32. The molecule has 0 amide bonds. The maximum absolute atomic E-state index is 13.4. The molecular weight excluding hydrogens is 330 g/mol. The van der Waals surface area contributed by atoms with Crippen molar-refractivity contribution in [2.45, 2.75) is 25.3 Å². The van der Waals surface area contributed by atoms with E-state index in [2.05, 4.69) is 15.6 Å². The number of hydrogen-bond donors (Lipinski definition) is 2. The Morgan fingerprint density at radius 3 is 2.61 bits per heavy atom. The second-order valence-electron chi connectivity index (χ2n) is 4.70. The number of benzene rings is 1. The van der Waals surface area contributed by atoms with Crippen LogP contribution >= 0.6 is 11.8 Å². The van der Waals surface area contributed by atoms with Crippen LogP contribution in [0.4, 0.5) is 17.6 Å². The molecule has 0 aliphatic carbocycles. The number of hydrogen-bond acceptors (Lipinski definition) is 2. The summed E-state index contributed by atoms with van der Waals surface area (Å²) in [6.07, 6.45) is -5.14. The summed E-state index contributed by atoms with van der Waals surface area (Å²) in [5.74, 6) is 1.38. The summed E-state index contributed by atoms with van der Waals surface area (Å²) in [6.45, 7) is 2.65. The first kappa shape index (κ1) is 19.6. The third-order valence-electron chi connectivity index (χ3n) is 2.76. The van der Waals surface area contributed by atoms with Crippen molar-refractivity contribution in [1.82, 2.24) is 10.6 Å². The summed E-state index contributed by atoms with van der Waals surface area (Å²) in [5, 5.41) is 5.85. The van der Waals surface area contributed by atoms with Crippen molar-refractivity contribution in [3.05, 3.63) is 35.6 Å². The highest BCUT2D eigenvalue weighted by Crippen LogP contribution is 2.18. The van der Waals surface area contributed by atoms with Crippen LogP contribution in [0.2, 0.25) is 0 Å². The van der Waals surface area contributed by atoms with Gasteiger partial charge in [0.05, 0.1) is 13.0 Å². The molecule has 3 nitrogen and oxygen atoms in total. The van der Waals surface area contributed by atoms with Gasteiger partial charge in [0.1, 0.15) is 5.82 Å². The van der Waals surface area contributed by atoms with E-state index in [1.165, 1.54) is 6.07 Å². The summed E-state index contributed by atoms with van der Waals surface area (Å²) in [6, 6.07) is 6.59.